The van der Waals surface area contributed by atoms with Gasteiger partial charge in [0.15, 0.2) is 5.65 Å². The Balaban J connectivity index is 1.28. The Bertz CT molecular complexity index is 874. The molecule has 0 aromatic carbocycles. The Morgan fingerprint density at radius 2 is 1.92 bits per heavy atom. The van der Waals surface area contributed by atoms with Crippen molar-refractivity contribution in [1.29, 1.82) is 0 Å². The number of thioether (sulfide) groups is 1. The summed E-state index contributed by atoms with van der Waals surface area (Å²) in [5, 5.41) is 8.61. The second-order valence-corrected chi connectivity index (χ2v) is 7.48. The zero-order chi connectivity index (χ0) is 17.8. The molecule has 0 saturated carbocycles. The average molecular weight is 367 g/mol. The van der Waals surface area contributed by atoms with Crippen molar-refractivity contribution in [3.05, 3.63) is 60.3 Å². The first kappa shape index (κ1) is 17.0. The molecule has 0 aliphatic carbocycles. The van der Waals surface area contributed by atoms with Crippen LogP contribution in [-0.2, 0) is 10.5 Å². The molecule has 1 aliphatic heterocycles. The van der Waals surface area contributed by atoms with Crippen molar-refractivity contribution in [1.82, 2.24) is 24.5 Å². The maximum atomic E-state index is 12.5. The number of amides is 1. The van der Waals surface area contributed by atoms with Gasteiger partial charge in [-0.05, 0) is 42.7 Å². The predicted molar refractivity (Wildman–Crippen MR) is 102 cm³/mol. The Labute approximate surface area is 156 Å². The second-order valence-electron chi connectivity index (χ2n) is 6.49. The zero-order valence-electron chi connectivity index (χ0n) is 14.5. The number of aromatic nitrogens is 4. The van der Waals surface area contributed by atoms with Gasteiger partial charge in [0.2, 0.25) is 5.91 Å². The first-order chi connectivity index (χ1) is 12.8. The summed E-state index contributed by atoms with van der Waals surface area (Å²) in [7, 11) is 0. The number of carbonyl (C=O) groups is 1. The van der Waals surface area contributed by atoms with E-state index in [9.17, 15) is 4.79 Å². The molecule has 0 spiro atoms. The Morgan fingerprint density at radius 1 is 1.12 bits per heavy atom. The van der Waals surface area contributed by atoms with Crippen LogP contribution in [0.1, 0.15) is 30.1 Å². The van der Waals surface area contributed by atoms with Crippen LogP contribution in [0.4, 0.5) is 0 Å². The summed E-state index contributed by atoms with van der Waals surface area (Å²) < 4.78 is 2.06. The smallest absolute Gasteiger partial charge is 0.232 e. The Kier molecular flexibility index (Phi) is 5.15. The Hall–Kier alpha value is -2.41. The molecule has 0 unspecified atom stereocenters. The van der Waals surface area contributed by atoms with Gasteiger partial charge in [0.05, 0.1) is 5.75 Å². The molecule has 0 N–H and O–H groups in total. The van der Waals surface area contributed by atoms with E-state index in [1.54, 1.807) is 24.2 Å². The monoisotopic (exact) mass is 367 g/mol. The average Bonchev–Trinajstić information content (AvgIpc) is 3.13. The zero-order valence-corrected chi connectivity index (χ0v) is 15.3. The van der Waals surface area contributed by atoms with E-state index >= 15 is 0 Å². The summed E-state index contributed by atoms with van der Waals surface area (Å²) in [6.07, 6.45) is 7.47. The quantitative estimate of drug-likeness (QED) is 0.694. The molecule has 4 heterocycles. The highest BCUT2D eigenvalue weighted by Gasteiger charge is 2.26. The number of pyridine rings is 2. The van der Waals surface area contributed by atoms with Gasteiger partial charge in [-0.2, -0.15) is 0 Å². The SMILES string of the molecule is O=C(CSCc1ccncc1)N1CCC(c2nnc3ccccn23)CC1. The standard InChI is InChI=1S/C19H21N5OS/c25-18(14-26-13-15-4-8-20-9-5-15)23-11-6-16(7-12-23)19-22-21-17-3-1-2-10-24(17)19/h1-5,8-10,16H,6-7,11-14H2. The van der Waals surface area contributed by atoms with Crippen LogP contribution in [0.15, 0.2) is 48.9 Å². The van der Waals surface area contributed by atoms with Crippen LogP contribution in [0.5, 0.6) is 0 Å². The van der Waals surface area contributed by atoms with Crippen LogP contribution in [0.2, 0.25) is 0 Å². The fourth-order valence-corrected chi connectivity index (χ4v) is 4.24. The maximum Gasteiger partial charge on any atom is 0.232 e. The van der Waals surface area contributed by atoms with Gasteiger partial charge in [0.1, 0.15) is 5.82 Å². The number of hydrogen-bond acceptors (Lipinski definition) is 5. The summed E-state index contributed by atoms with van der Waals surface area (Å²) in [5.74, 6) is 2.98. The predicted octanol–water partition coefficient (Wildman–Crippen LogP) is 2.76. The molecule has 134 valence electrons. The van der Waals surface area contributed by atoms with Crippen LogP contribution in [0, 0.1) is 0 Å². The molecule has 0 atom stereocenters. The number of likely N-dealkylation sites (tertiary alicyclic amines) is 1. The van der Waals surface area contributed by atoms with E-state index in [4.69, 9.17) is 0 Å². The lowest BCUT2D eigenvalue weighted by molar-refractivity contribution is -0.129. The minimum atomic E-state index is 0.230. The minimum absolute atomic E-state index is 0.230. The topological polar surface area (TPSA) is 63.4 Å². The van der Waals surface area contributed by atoms with Crippen molar-refractivity contribution >= 4 is 23.3 Å². The van der Waals surface area contributed by atoms with Crippen LogP contribution in [0.3, 0.4) is 0 Å². The van der Waals surface area contributed by atoms with E-state index in [1.165, 1.54) is 5.56 Å². The van der Waals surface area contributed by atoms with Crippen LogP contribution < -0.4 is 0 Å². The van der Waals surface area contributed by atoms with Gasteiger partial charge in [0.25, 0.3) is 0 Å². The van der Waals surface area contributed by atoms with E-state index in [0.29, 0.717) is 11.7 Å². The molecule has 1 amide bonds. The molecular weight excluding hydrogens is 346 g/mol. The lowest BCUT2D eigenvalue weighted by Crippen LogP contribution is -2.39. The van der Waals surface area contributed by atoms with Crippen molar-refractivity contribution in [3.63, 3.8) is 0 Å². The normalized spacial score (nSPS) is 15.5. The van der Waals surface area contributed by atoms with Crippen molar-refractivity contribution in [2.24, 2.45) is 0 Å². The third kappa shape index (κ3) is 3.72. The molecular formula is C19H21N5OS. The van der Waals surface area contributed by atoms with Crippen LogP contribution >= 0.6 is 11.8 Å². The van der Waals surface area contributed by atoms with E-state index in [-0.39, 0.29) is 5.91 Å². The largest absolute Gasteiger partial charge is 0.342 e. The van der Waals surface area contributed by atoms with E-state index in [0.717, 1.165) is 43.2 Å². The second kappa shape index (κ2) is 7.86. The molecule has 4 rings (SSSR count). The van der Waals surface area contributed by atoms with E-state index in [1.807, 2.05) is 41.4 Å². The van der Waals surface area contributed by atoms with Crippen molar-refractivity contribution in [2.75, 3.05) is 18.8 Å². The van der Waals surface area contributed by atoms with Crippen LogP contribution in [-0.4, -0.2) is 49.2 Å². The summed E-state index contributed by atoms with van der Waals surface area (Å²) in [6.45, 7) is 1.59. The van der Waals surface area contributed by atoms with Crippen LogP contribution in [0.25, 0.3) is 5.65 Å². The number of nitrogens with zero attached hydrogens (tertiary/aromatic N) is 5. The molecule has 7 heteroatoms. The van der Waals surface area contributed by atoms with Crippen molar-refractivity contribution < 1.29 is 4.79 Å². The molecule has 3 aromatic heterocycles. The fraction of sp³-hybridized carbons (Fsp3) is 0.368. The van der Waals surface area contributed by atoms with Crippen molar-refractivity contribution in [2.45, 2.75) is 24.5 Å². The molecule has 0 bridgehead atoms. The number of piperidine rings is 1. The van der Waals surface area contributed by atoms with Crippen molar-refractivity contribution in [3.8, 4) is 0 Å². The number of hydrogen-bond donors (Lipinski definition) is 0. The maximum absolute atomic E-state index is 12.5. The lowest BCUT2D eigenvalue weighted by Gasteiger charge is -2.31. The lowest BCUT2D eigenvalue weighted by atomic mass is 9.96. The summed E-state index contributed by atoms with van der Waals surface area (Å²) >= 11 is 1.66. The summed E-state index contributed by atoms with van der Waals surface area (Å²) in [5.41, 5.74) is 2.09. The summed E-state index contributed by atoms with van der Waals surface area (Å²) in [4.78, 5) is 18.5. The molecule has 1 saturated heterocycles. The highest BCUT2D eigenvalue weighted by molar-refractivity contribution is 7.99. The van der Waals surface area contributed by atoms with E-state index < -0.39 is 0 Å². The van der Waals surface area contributed by atoms with Gasteiger partial charge < -0.3 is 4.90 Å². The van der Waals surface area contributed by atoms with Gasteiger partial charge >= 0.3 is 0 Å². The van der Waals surface area contributed by atoms with Gasteiger partial charge in [-0.1, -0.05) is 6.07 Å². The van der Waals surface area contributed by atoms with Gasteiger partial charge in [-0.25, -0.2) is 0 Å². The highest BCUT2D eigenvalue weighted by Crippen LogP contribution is 2.27. The third-order valence-corrected chi connectivity index (χ3v) is 5.79. The Morgan fingerprint density at radius 3 is 2.73 bits per heavy atom. The molecule has 0 radical (unpaired) electrons. The molecule has 1 aliphatic rings. The third-order valence-electron chi connectivity index (χ3n) is 4.80. The molecule has 1 fully saturated rings. The number of fused-ring (bicyclic) bond motifs is 1. The molecule has 3 aromatic rings. The van der Waals surface area contributed by atoms with Gasteiger partial charge in [-0.15, -0.1) is 22.0 Å². The fourth-order valence-electron chi connectivity index (χ4n) is 3.35. The first-order valence-corrected chi connectivity index (χ1v) is 10.0. The number of rotatable bonds is 5. The number of carbonyl (C=O) groups excluding carboxylic acids is 1. The molecule has 26 heavy (non-hydrogen) atoms. The van der Waals surface area contributed by atoms with Gasteiger partial charge in [0, 0.05) is 43.4 Å². The highest BCUT2D eigenvalue weighted by atomic mass is 32.2. The minimum Gasteiger partial charge on any atom is -0.342 e. The summed E-state index contributed by atoms with van der Waals surface area (Å²) in [6, 6.07) is 9.92. The first-order valence-electron chi connectivity index (χ1n) is 8.85. The van der Waals surface area contributed by atoms with E-state index in [2.05, 4.69) is 19.6 Å². The van der Waals surface area contributed by atoms with Gasteiger partial charge in [-0.3, -0.25) is 14.2 Å². The molecule has 6 nitrogen and oxygen atoms in total.